The minimum absolute atomic E-state index is 0.0823. The molecule has 1 atom stereocenters. The Hall–Kier alpha value is -0.450. The van der Waals surface area contributed by atoms with E-state index in [0.717, 1.165) is 36.1 Å². The van der Waals surface area contributed by atoms with E-state index in [1.807, 2.05) is 12.3 Å². The molecule has 0 aliphatic carbocycles. The maximum atomic E-state index is 6.22. The van der Waals surface area contributed by atoms with E-state index in [-0.39, 0.29) is 6.04 Å². The van der Waals surface area contributed by atoms with Crippen LogP contribution in [0.5, 0.6) is 0 Å². The lowest BCUT2D eigenvalue weighted by molar-refractivity contribution is 0.0583. The number of nitrogens with zero attached hydrogens (tertiary/aromatic N) is 1. The van der Waals surface area contributed by atoms with E-state index >= 15 is 0 Å². The highest BCUT2D eigenvalue weighted by molar-refractivity contribution is 9.10. The molecule has 4 heteroatoms. The first-order valence-electron chi connectivity index (χ1n) is 5.21. The Balaban J connectivity index is 2.08. The maximum Gasteiger partial charge on any atom is 0.0469 e. The quantitative estimate of drug-likeness (QED) is 0.897. The molecule has 2 heterocycles. The largest absolute Gasteiger partial charge is 0.381 e. The third-order valence-electron chi connectivity index (χ3n) is 2.88. The Morgan fingerprint density at radius 3 is 2.80 bits per heavy atom. The predicted octanol–water partition coefficient (Wildman–Crippen LogP) is 2.27. The maximum absolute atomic E-state index is 6.22. The molecule has 3 nitrogen and oxygen atoms in total. The zero-order valence-electron chi connectivity index (χ0n) is 8.53. The van der Waals surface area contributed by atoms with Crippen molar-refractivity contribution in [1.82, 2.24) is 4.98 Å². The number of rotatable bonds is 2. The Labute approximate surface area is 98.2 Å². The molecule has 0 bridgehead atoms. The lowest BCUT2D eigenvalue weighted by Crippen LogP contribution is -2.27. The summed E-state index contributed by atoms with van der Waals surface area (Å²) < 4.78 is 6.32. The van der Waals surface area contributed by atoms with Crippen molar-refractivity contribution in [3.05, 3.63) is 28.5 Å². The fourth-order valence-corrected chi connectivity index (χ4v) is 2.34. The molecule has 2 rings (SSSR count). The average Bonchev–Trinajstić information content (AvgIpc) is 2.29. The van der Waals surface area contributed by atoms with Crippen LogP contribution in [0.2, 0.25) is 0 Å². The lowest BCUT2D eigenvalue weighted by Gasteiger charge is -2.27. The molecule has 1 aliphatic rings. The topological polar surface area (TPSA) is 48.1 Å². The molecule has 0 saturated carbocycles. The highest BCUT2D eigenvalue weighted by Gasteiger charge is 2.22. The van der Waals surface area contributed by atoms with Crippen molar-refractivity contribution in [3.8, 4) is 0 Å². The monoisotopic (exact) mass is 270 g/mol. The summed E-state index contributed by atoms with van der Waals surface area (Å²) in [4.78, 5) is 4.14. The highest BCUT2D eigenvalue weighted by Crippen LogP contribution is 2.28. The van der Waals surface area contributed by atoms with Crippen LogP contribution in [0, 0.1) is 5.92 Å². The van der Waals surface area contributed by atoms with Gasteiger partial charge in [-0.05, 0) is 46.3 Å². The van der Waals surface area contributed by atoms with Gasteiger partial charge in [-0.1, -0.05) is 0 Å². The van der Waals surface area contributed by atoms with Crippen molar-refractivity contribution >= 4 is 15.9 Å². The Bertz CT molecular complexity index is 326. The number of nitrogens with two attached hydrogens (primary N) is 1. The average molecular weight is 271 g/mol. The van der Waals surface area contributed by atoms with E-state index in [0.29, 0.717) is 5.92 Å². The smallest absolute Gasteiger partial charge is 0.0469 e. The van der Waals surface area contributed by atoms with Crippen LogP contribution >= 0.6 is 15.9 Å². The molecule has 1 unspecified atom stereocenters. The van der Waals surface area contributed by atoms with Crippen molar-refractivity contribution in [1.29, 1.82) is 0 Å². The molecule has 0 amide bonds. The van der Waals surface area contributed by atoms with Crippen molar-refractivity contribution in [2.24, 2.45) is 11.7 Å². The summed E-state index contributed by atoms with van der Waals surface area (Å²) in [5.41, 5.74) is 7.33. The summed E-state index contributed by atoms with van der Waals surface area (Å²) in [6.07, 6.45) is 5.73. The molecule has 82 valence electrons. The van der Waals surface area contributed by atoms with E-state index in [1.165, 1.54) is 0 Å². The van der Waals surface area contributed by atoms with Crippen LogP contribution < -0.4 is 5.73 Å². The van der Waals surface area contributed by atoms with Gasteiger partial charge in [0.25, 0.3) is 0 Å². The van der Waals surface area contributed by atoms with Gasteiger partial charge >= 0.3 is 0 Å². The molecule has 0 aromatic carbocycles. The third-order valence-corrected chi connectivity index (χ3v) is 3.32. The van der Waals surface area contributed by atoms with Crippen molar-refractivity contribution < 1.29 is 4.74 Å². The minimum atomic E-state index is 0.0823. The normalized spacial score (nSPS) is 20.1. The van der Waals surface area contributed by atoms with Crippen LogP contribution in [0.15, 0.2) is 22.9 Å². The Kier molecular flexibility index (Phi) is 3.72. The number of halogens is 1. The molecule has 1 saturated heterocycles. The van der Waals surface area contributed by atoms with Gasteiger partial charge in [0.1, 0.15) is 0 Å². The van der Waals surface area contributed by atoms with Gasteiger partial charge in [0.15, 0.2) is 0 Å². The Morgan fingerprint density at radius 1 is 1.40 bits per heavy atom. The van der Waals surface area contributed by atoms with Gasteiger partial charge in [0.05, 0.1) is 0 Å². The van der Waals surface area contributed by atoms with E-state index in [9.17, 15) is 0 Å². The van der Waals surface area contributed by atoms with Gasteiger partial charge in [-0.2, -0.15) is 0 Å². The second-order valence-corrected chi connectivity index (χ2v) is 4.83. The molecule has 1 aromatic rings. The summed E-state index contributed by atoms with van der Waals surface area (Å²) in [5.74, 6) is 0.523. The number of hydrogen-bond donors (Lipinski definition) is 1. The van der Waals surface area contributed by atoms with E-state index < -0.39 is 0 Å². The molecule has 15 heavy (non-hydrogen) atoms. The van der Waals surface area contributed by atoms with Crippen LogP contribution in [-0.2, 0) is 4.74 Å². The molecular weight excluding hydrogens is 256 g/mol. The van der Waals surface area contributed by atoms with Crippen molar-refractivity contribution in [2.75, 3.05) is 13.2 Å². The van der Waals surface area contributed by atoms with Crippen LogP contribution in [0.1, 0.15) is 24.4 Å². The summed E-state index contributed by atoms with van der Waals surface area (Å²) in [5, 5.41) is 0. The summed E-state index contributed by atoms with van der Waals surface area (Å²) in [7, 11) is 0. The number of hydrogen-bond acceptors (Lipinski definition) is 3. The first-order chi connectivity index (χ1) is 7.27. The second-order valence-electron chi connectivity index (χ2n) is 3.91. The molecule has 2 N–H and O–H groups in total. The predicted molar refractivity (Wildman–Crippen MR) is 62.4 cm³/mol. The molecule has 0 radical (unpaired) electrons. The second kappa shape index (κ2) is 5.05. The van der Waals surface area contributed by atoms with Gasteiger partial charge in [-0.3, -0.25) is 4.98 Å². The molecule has 1 aliphatic heterocycles. The first-order valence-corrected chi connectivity index (χ1v) is 6.00. The summed E-state index contributed by atoms with van der Waals surface area (Å²) in [6.45, 7) is 1.67. The van der Waals surface area contributed by atoms with Gasteiger partial charge in [0, 0.05) is 36.1 Å². The van der Waals surface area contributed by atoms with Crippen LogP contribution in [-0.4, -0.2) is 18.2 Å². The number of aromatic nitrogens is 1. The SMILES string of the molecule is NC(c1cncc(Br)c1)C1CCOCC1. The highest BCUT2D eigenvalue weighted by atomic mass is 79.9. The first kappa shape index (κ1) is 11.0. The molecule has 1 aromatic heterocycles. The molecule has 1 fully saturated rings. The summed E-state index contributed by atoms with van der Waals surface area (Å²) in [6, 6.07) is 2.13. The van der Waals surface area contributed by atoms with Crippen molar-refractivity contribution in [2.45, 2.75) is 18.9 Å². The Morgan fingerprint density at radius 2 is 2.13 bits per heavy atom. The summed E-state index contributed by atoms with van der Waals surface area (Å²) >= 11 is 3.41. The number of pyridine rings is 1. The molecular formula is C11H15BrN2O. The minimum Gasteiger partial charge on any atom is -0.381 e. The zero-order chi connectivity index (χ0) is 10.7. The number of ether oxygens (including phenoxy) is 1. The van der Waals surface area contributed by atoms with Gasteiger partial charge in [0.2, 0.25) is 0 Å². The van der Waals surface area contributed by atoms with E-state index in [2.05, 4.69) is 20.9 Å². The van der Waals surface area contributed by atoms with Crippen LogP contribution in [0.4, 0.5) is 0 Å². The fraction of sp³-hybridized carbons (Fsp3) is 0.545. The standard InChI is InChI=1S/C11H15BrN2O/c12-10-5-9(6-14-7-10)11(13)8-1-3-15-4-2-8/h5-8,11H,1-4,13H2. The fourth-order valence-electron chi connectivity index (χ4n) is 1.96. The molecule has 0 spiro atoms. The van der Waals surface area contributed by atoms with Gasteiger partial charge < -0.3 is 10.5 Å². The zero-order valence-corrected chi connectivity index (χ0v) is 10.1. The third kappa shape index (κ3) is 2.77. The van der Waals surface area contributed by atoms with Crippen molar-refractivity contribution in [3.63, 3.8) is 0 Å². The lowest BCUT2D eigenvalue weighted by atomic mass is 9.88. The van der Waals surface area contributed by atoms with Crippen LogP contribution in [0.25, 0.3) is 0 Å². The van der Waals surface area contributed by atoms with Gasteiger partial charge in [-0.15, -0.1) is 0 Å². The van der Waals surface area contributed by atoms with Gasteiger partial charge in [-0.25, -0.2) is 0 Å². The van der Waals surface area contributed by atoms with E-state index in [1.54, 1.807) is 6.20 Å². The van der Waals surface area contributed by atoms with Crippen LogP contribution in [0.3, 0.4) is 0 Å². The van der Waals surface area contributed by atoms with E-state index in [4.69, 9.17) is 10.5 Å².